The number of halogens is 1. The SMILES string of the molecule is CCCCN(C)C(=NCc1cccc(OCC(N)=O)c1)NCC.I. The molecule has 1 rings (SSSR count). The van der Waals surface area contributed by atoms with Gasteiger partial charge >= 0.3 is 0 Å². The lowest BCUT2D eigenvalue weighted by molar-refractivity contribution is -0.119. The van der Waals surface area contributed by atoms with Gasteiger partial charge in [0.15, 0.2) is 12.6 Å². The van der Waals surface area contributed by atoms with Gasteiger partial charge in [-0.25, -0.2) is 4.99 Å². The molecular formula is C17H29IN4O2. The minimum atomic E-state index is -0.486. The van der Waals surface area contributed by atoms with Crippen LogP contribution in [0.2, 0.25) is 0 Å². The average molecular weight is 448 g/mol. The molecule has 0 saturated carbocycles. The zero-order chi connectivity index (χ0) is 17.1. The van der Waals surface area contributed by atoms with E-state index in [0.29, 0.717) is 12.3 Å². The molecule has 7 heteroatoms. The molecule has 6 nitrogen and oxygen atoms in total. The molecule has 0 bridgehead atoms. The summed E-state index contributed by atoms with van der Waals surface area (Å²) >= 11 is 0. The summed E-state index contributed by atoms with van der Waals surface area (Å²) in [5.74, 6) is 1.03. The second-order valence-electron chi connectivity index (χ2n) is 5.35. The lowest BCUT2D eigenvalue weighted by atomic mass is 10.2. The lowest BCUT2D eigenvalue weighted by Gasteiger charge is -2.21. The third-order valence-corrected chi connectivity index (χ3v) is 3.23. The molecule has 0 aliphatic carbocycles. The predicted molar refractivity (Wildman–Crippen MR) is 109 cm³/mol. The molecular weight excluding hydrogens is 419 g/mol. The normalized spacial score (nSPS) is 10.7. The monoisotopic (exact) mass is 448 g/mol. The highest BCUT2D eigenvalue weighted by Crippen LogP contribution is 2.14. The molecule has 0 atom stereocenters. The van der Waals surface area contributed by atoms with E-state index in [1.165, 1.54) is 0 Å². The highest BCUT2D eigenvalue weighted by atomic mass is 127. The van der Waals surface area contributed by atoms with Crippen LogP contribution < -0.4 is 15.8 Å². The molecule has 0 aliphatic rings. The third kappa shape index (κ3) is 8.95. The second-order valence-corrected chi connectivity index (χ2v) is 5.35. The Morgan fingerprint density at radius 3 is 2.75 bits per heavy atom. The van der Waals surface area contributed by atoms with Crippen molar-refractivity contribution in [1.29, 1.82) is 0 Å². The average Bonchev–Trinajstić information content (AvgIpc) is 2.55. The van der Waals surface area contributed by atoms with Crippen molar-refractivity contribution < 1.29 is 9.53 Å². The molecule has 0 unspecified atom stereocenters. The molecule has 1 aromatic carbocycles. The van der Waals surface area contributed by atoms with Crippen molar-refractivity contribution in [2.75, 3.05) is 26.7 Å². The van der Waals surface area contributed by atoms with E-state index in [4.69, 9.17) is 10.5 Å². The Bertz CT molecular complexity index is 523. The molecule has 0 radical (unpaired) electrons. The van der Waals surface area contributed by atoms with Gasteiger partial charge in [0.2, 0.25) is 0 Å². The van der Waals surface area contributed by atoms with Gasteiger partial charge in [-0.05, 0) is 31.0 Å². The van der Waals surface area contributed by atoms with Crippen molar-refractivity contribution in [3.05, 3.63) is 29.8 Å². The summed E-state index contributed by atoms with van der Waals surface area (Å²) in [6.45, 7) is 6.47. The summed E-state index contributed by atoms with van der Waals surface area (Å²) in [6.07, 6.45) is 2.29. The first-order valence-corrected chi connectivity index (χ1v) is 8.06. The predicted octanol–water partition coefficient (Wildman–Crippen LogP) is 2.37. The van der Waals surface area contributed by atoms with Crippen LogP contribution in [0.25, 0.3) is 0 Å². The van der Waals surface area contributed by atoms with E-state index in [2.05, 4.69) is 29.1 Å². The first-order valence-electron chi connectivity index (χ1n) is 8.06. The Balaban J connectivity index is 0.00000529. The van der Waals surface area contributed by atoms with Crippen LogP contribution in [0, 0.1) is 0 Å². The molecule has 0 heterocycles. The number of carbonyl (C=O) groups excluding carboxylic acids is 1. The maximum Gasteiger partial charge on any atom is 0.255 e. The number of nitrogens with one attached hydrogen (secondary N) is 1. The highest BCUT2D eigenvalue weighted by Gasteiger charge is 2.05. The minimum Gasteiger partial charge on any atom is -0.484 e. The van der Waals surface area contributed by atoms with Gasteiger partial charge in [0.1, 0.15) is 5.75 Å². The number of aliphatic imine (C=N–C) groups is 1. The Morgan fingerprint density at radius 2 is 2.12 bits per heavy atom. The van der Waals surface area contributed by atoms with Crippen molar-refractivity contribution in [2.45, 2.75) is 33.2 Å². The summed E-state index contributed by atoms with van der Waals surface area (Å²) < 4.78 is 5.31. The number of unbranched alkanes of at least 4 members (excludes halogenated alkanes) is 1. The number of benzene rings is 1. The van der Waals surface area contributed by atoms with Gasteiger partial charge in [0.25, 0.3) is 5.91 Å². The highest BCUT2D eigenvalue weighted by molar-refractivity contribution is 14.0. The van der Waals surface area contributed by atoms with E-state index < -0.39 is 5.91 Å². The number of guanidine groups is 1. The molecule has 0 fully saturated rings. The first-order chi connectivity index (χ1) is 11.1. The number of hydrogen-bond acceptors (Lipinski definition) is 3. The van der Waals surface area contributed by atoms with Gasteiger partial charge in [0, 0.05) is 20.1 Å². The minimum absolute atomic E-state index is 0. The molecule has 3 N–H and O–H groups in total. The molecule has 0 aliphatic heterocycles. The van der Waals surface area contributed by atoms with E-state index in [-0.39, 0.29) is 30.6 Å². The lowest BCUT2D eigenvalue weighted by Crippen LogP contribution is -2.39. The summed E-state index contributed by atoms with van der Waals surface area (Å²) in [6, 6.07) is 7.54. The van der Waals surface area contributed by atoms with Crippen LogP contribution in [0.4, 0.5) is 0 Å². The fourth-order valence-electron chi connectivity index (χ4n) is 2.03. The van der Waals surface area contributed by atoms with Crippen LogP contribution in [0.3, 0.4) is 0 Å². The van der Waals surface area contributed by atoms with Gasteiger partial charge < -0.3 is 20.7 Å². The van der Waals surface area contributed by atoms with E-state index in [1.807, 2.05) is 25.2 Å². The van der Waals surface area contributed by atoms with Gasteiger partial charge in [-0.1, -0.05) is 25.5 Å². The van der Waals surface area contributed by atoms with Crippen molar-refractivity contribution in [2.24, 2.45) is 10.7 Å². The number of rotatable bonds is 9. The van der Waals surface area contributed by atoms with Gasteiger partial charge in [-0.15, -0.1) is 24.0 Å². The number of primary amides is 1. The van der Waals surface area contributed by atoms with Crippen LogP contribution >= 0.6 is 24.0 Å². The number of nitrogens with two attached hydrogens (primary N) is 1. The third-order valence-electron chi connectivity index (χ3n) is 3.23. The van der Waals surface area contributed by atoms with Crippen molar-refractivity contribution in [3.63, 3.8) is 0 Å². The topological polar surface area (TPSA) is 79.9 Å². The van der Waals surface area contributed by atoms with Crippen molar-refractivity contribution in [3.8, 4) is 5.75 Å². The molecule has 0 saturated heterocycles. The van der Waals surface area contributed by atoms with Crippen LogP contribution in [0.15, 0.2) is 29.3 Å². The smallest absolute Gasteiger partial charge is 0.255 e. The van der Waals surface area contributed by atoms with Crippen LogP contribution in [0.5, 0.6) is 5.75 Å². The van der Waals surface area contributed by atoms with Crippen molar-refractivity contribution in [1.82, 2.24) is 10.2 Å². The Hall–Kier alpha value is -1.51. The molecule has 0 aromatic heterocycles. The van der Waals surface area contributed by atoms with Crippen LogP contribution in [0.1, 0.15) is 32.3 Å². The molecule has 136 valence electrons. The number of amides is 1. The summed E-state index contributed by atoms with van der Waals surface area (Å²) in [4.78, 5) is 17.6. The van der Waals surface area contributed by atoms with Crippen LogP contribution in [-0.4, -0.2) is 43.5 Å². The van der Waals surface area contributed by atoms with Gasteiger partial charge in [-0.2, -0.15) is 0 Å². The Labute approximate surface area is 161 Å². The fourth-order valence-corrected chi connectivity index (χ4v) is 2.03. The van der Waals surface area contributed by atoms with E-state index in [0.717, 1.165) is 37.5 Å². The molecule has 1 aromatic rings. The van der Waals surface area contributed by atoms with E-state index in [9.17, 15) is 4.79 Å². The molecule has 0 spiro atoms. The largest absolute Gasteiger partial charge is 0.484 e. The summed E-state index contributed by atoms with van der Waals surface area (Å²) in [7, 11) is 2.05. The summed E-state index contributed by atoms with van der Waals surface area (Å²) in [5.41, 5.74) is 6.10. The van der Waals surface area contributed by atoms with E-state index >= 15 is 0 Å². The number of ether oxygens (including phenoxy) is 1. The zero-order valence-corrected chi connectivity index (χ0v) is 17.1. The number of carbonyl (C=O) groups is 1. The van der Waals surface area contributed by atoms with Gasteiger partial charge in [0.05, 0.1) is 6.54 Å². The first kappa shape index (κ1) is 22.5. The van der Waals surface area contributed by atoms with Crippen molar-refractivity contribution >= 4 is 35.8 Å². The fraction of sp³-hybridized carbons (Fsp3) is 0.529. The second kappa shape index (κ2) is 12.9. The maximum absolute atomic E-state index is 10.8. The molecule has 1 amide bonds. The summed E-state index contributed by atoms with van der Waals surface area (Å²) in [5, 5.41) is 3.30. The number of nitrogens with zero attached hydrogens (tertiary/aromatic N) is 2. The zero-order valence-electron chi connectivity index (χ0n) is 14.7. The van der Waals surface area contributed by atoms with Crippen LogP contribution in [-0.2, 0) is 11.3 Å². The van der Waals surface area contributed by atoms with E-state index in [1.54, 1.807) is 6.07 Å². The maximum atomic E-state index is 10.8. The standard InChI is InChI=1S/C17H28N4O2.HI/c1-4-6-10-21(3)17(19-5-2)20-12-14-8-7-9-15(11-14)23-13-16(18)22;/h7-9,11H,4-6,10,12-13H2,1-3H3,(H2,18,22)(H,19,20);1H. The molecule has 24 heavy (non-hydrogen) atoms. The quantitative estimate of drug-likeness (QED) is 0.346. The number of hydrogen-bond donors (Lipinski definition) is 2. The Morgan fingerprint density at radius 1 is 1.38 bits per heavy atom. The van der Waals surface area contributed by atoms with Gasteiger partial charge in [-0.3, -0.25) is 4.79 Å². The Kier molecular flexibility index (Phi) is 12.0.